The Morgan fingerprint density at radius 3 is 2.73 bits per heavy atom. The lowest BCUT2D eigenvalue weighted by Crippen LogP contribution is -2.00. The monoisotopic (exact) mass is 387 g/mol. The first kappa shape index (κ1) is 18.2. The van der Waals surface area contributed by atoms with E-state index in [9.17, 15) is 4.79 Å². The minimum atomic E-state index is -0.392. The summed E-state index contributed by atoms with van der Waals surface area (Å²) in [7, 11) is 3.19. The van der Waals surface area contributed by atoms with E-state index in [0.29, 0.717) is 17.2 Å². The lowest BCUT2D eigenvalue weighted by Gasteiger charge is -2.08. The molecule has 0 spiro atoms. The summed E-state index contributed by atoms with van der Waals surface area (Å²) in [5, 5.41) is 6.61. The van der Waals surface area contributed by atoms with Gasteiger partial charge in [-0.1, -0.05) is 0 Å². The van der Waals surface area contributed by atoms with E-state index in [4.69, 9.17) is 14.2 Å². The Bertz CT molecular complexity index is 900. The highest BCUT2D eigenvalue weighted by molar-refractivity contribution is 7.13. The van der Waals surface area contributed by atoms with Crippen LogP contribution in [-0.2, 0) is 16.1 Å². The number of aromatic nitrogens is 1. The molecular weight excluding hydrogens is 370 g/mol. The van der Waals surface area contributed by atoms with Crippen LogP contribution in [-0.4, -0.2) is 25.2 Å². The van der Waals surface area contributed by atoms with Crippen LogP contribution >= 0.6 is 22.7 Å². The van der Waals surface area contributed by atoms with Crippen LogP contribution in [0.15, 0.2) is 46.5 Å². The molecule has 2 aromatic heterocycles. The number of hydrogen-bond donors (Lipinski definition) is 0. The molecule has 0 saturated carbocycles. The summed E-state index contributed by atoms with van der Waals surface area (Å²) < 4.78 is 15.8. The van der Waals surface area contributed by atoms with Gasteiger partial charge in [-0.25, -0.2) is 9.78 Å². The number of carbonyl (C=O) groups is 1. The average Bonchev–Trinajstić information content (AvgIpc) is 3.36. The molecule has 0 atom stereocenters. The Morgan fingerprint density at radius 1 is 1.15 bits per heavy atom. The minimum absolute atomic E-state index is 0.136. The highest BCUT2D eigenvalue weighted by Gasteiger charge is 2.10. The summed E-state index contributed by atoms with van der Waals surface area (Å²) >= 11 is 3.06. The molecule has 5 nitrogen and oxygen atoms in total. The van der Waals surface area contributed by atoms with Crippen molar-refractivity contribution in [3.05, 3.63) is 57.7 Å². The minimum Gasteiger partial charge on any atom is -0.493 e. The topological polar surface area (TPSA) is 57.7 Å². The van der Waals surface area contributed by atoms with Gasteiger partial charge in [0.1, 0.15) is 11.6 Å². The summed E-state index contributed by atoms with van der Waals surface area (Å²) in [5.74, 6) is 0.919. The molecule has 7 heteroatoms. The van der Waals surface area contributed by atoms with Crippen LogP contribution in [0.25, 0.3) is 16.6 Å². The van der Waals surface area contributed by atoms with Gasteiger partial charge in [0.25, 0.3) is 0 Å². The van der Waals surface area contributed by atoms with E-state index in [1.165, 1.54) is 17.4 Å². The van der Waals surface area contributed by atoms with Gasteiger partial charge >= 0.3 is 5.97 Å². The number of methoxy groups -OCH3 is 2. The zero-order valence-electron chi connectivity index (χ0n) is 14.3. The van der Waals surface area contributed by atoms with Crippen molar-refractivity contribution in [3.8, 4) is 22.1 Å². The second-order valence-corrected chi connectivity index (χ2v) is 6.85. The Hall–Kier alpha value is -2.64. The summed E-state index contributed by atoms with van der Waals surface area (Å²) in [6.07, 6.45) is 3.15. The molecule has 0 radical (unpaired) electrons. The van der Waals surface area contributed by atoms with Gasteiger partial charge in [-0.15, -0.1) is 11.3 Å². The van der Waals surface area contributed by atoms with Gasteiger partial charge in [0, 0.05) is 17.0 Å². The lowest BCUT2D eigenvalue weighted by atomic mass is 10.2. The van der Waals surface area contributed by atoms with E-state index in [1.54, 1.807) is 31.6 Å². The Morgan fingerprint density at radius 2 is 2.00 bits per heavy atom. The van der Waals surface area contributed by atoms with Crippen molar-refractivity contribution < 1.29 is 19.0 Å². The third-order valence-electron chi connectivity index (χ3n) is 3.50. The number of benzene rings is 1. The number of thiophene rings is 1. The van der Waals surface area contributed by atoms with E-state index in [1.807, 2.05) is 40.4 Å². The lowest BCUT2D eigenvalue weighted by molar-refractivity contribution is -0.139. The predicted octanol–water partition coefficient (Wildman–Crippen LogP) is 4.65. The van der Waals surface area contributed by atoms with Crippen LogP contribution in [0.2, 0.25) is 0 Å². The number of hydrogen-bond acceptors (Lipinski definition) is 7. The molecule has 26 heavy (non-hydrogen) atoms. The number of carbonyl (C=O) groups excluding carboxylic acids is 1. The zero-order chi connectivity index (χ0) is 18.4. The molecule has 0 aliphatic heterocycles. The van der Waals surface area contributed by atoms with Gasteiger partial charge in [-0.2, -0.15) is 11.3 Å². The number of ether oxygens (including phenoxy) is 3. The third kappa shape index (κ3) is 4.50. The largest absolute Gasteiger partial charge is 0.493 e. The van der Waals surface area contributed by atoms with Crippen LogP contribution in [0.1, 0.15) is 11.3 Å². The highest BCUT2D eigenvalue weighted by atomic mass is 32.1. The molecule has 3 aromatic rings. The molecule has 0 aliphatic rings. The van der Waals surface area contributed by atoms with Crippen LogP contribution in [0, 0.1) is 0 Å². The van der Waals surface area contributed by atoms with Crippen molar-refractivity contribution >= 4 is 34.7 Å². The maximum Gasteiger partial charge on any atom is 0.331 e. The Kier molecular flexibility index (Phi) is 6.04. The number of nitrogens with zero attached hydrogens (tertiary/aromatic N) is 1. The number of esters is 1. The molecule has 0 bridgehead atoms. The maximum atomic E-state index is 11.8. The fourth-order valence-corrected chi connectivity index (χ4v) is 3.63. The van der Waals surface area contributed by atoms with Crippen LogP contribution in [0.3, 0.4) is 0 Å². The van der Waals surface area contributed by atoms with Crippen LogP contribution < -0.4 is 9.47 Å². The molecule has 0 amide bonds. The Balaban J connectivity index is 1.62. The van der Waals surface area contributed by atoms with Crippen molar-refractivity contribution in [3.63, 3.8) is 0 Å². The maximum absolute atomic E-state index is 11.8. The average molecular weight is 387 g/mol. The normalized spacial score (nSPS) is 10.8. The van der Waals surface area contributed by atoms with Gasteiger partial charge in [0.2, 0.25) is 0 Å². The SMILES string of the molecule is COc1ccc(-c2nc(COC(=O)/C=C/c3ccsc3)cs2)cc1OC. The fourth-order valence-electron chi connectivity index (χ4n) is 2.20. The molecule has 3 rings (SSSR count). The summed E-state index contributed by atoms with van der Waals surface area (Å²) in [5.41, 5.74) is 2.61. The number of rotatable bonds is 7. The molecular formula is C19H17NO4S2. The molecule has 0 N–H and O–H groups in total. The van der Waals surface area contributed by atoms with Crippen molar-refractivity contribution in [1.82, 2.24) is 4.98 Å². The summed E-state index contributed by atoms with van der Waals surface area (Å²) in [4.78, 5) is 16.3. The third-order valence-corrected chi connectivity index (χ3v) is 5.14. The van der Waals surface area contributed by atoms with E-state index in [-0.39, 0.29) is 6.61 Å². The van der Waals surface area contributed by atoms with Crippen LogP contribution in [0.4, 0.5) is 0 Å². The summed E-state index contributed by atoms with van der Waals surface area (Å²) in [6, 6.07) is 7.56. The molecule has 0 fully saturated rings. The van der Waals surface area contributed by atoms with Crippen molar-refractivity contribution in [2.75, 3.05) is 14.2 Å². The molecule has 0 aliphatic carbocycles. The van der Waals surface area contributed by atoms with E-state index in [2.05, 4.69) is 4.98 Å². The standard InChI is InChI=1S/C19H17NO4S2/c1-22-16-5-4-14(9-17(16)23-2)19-20-15(12-26-19)10-24-18(21)6-3-13-7-8-25-11-13/h3-9,11-12H,10H2,1-2H3/b6-3+. The fraction of sp³-hybridized carbons (Fsp3) is 0.158. The van der Waals surface area contributed by atoms with Gasteiger partial charge < -0.3 is 14.2 Å². The van der Waals surface area contributed by atoms with E-state index in [0.717, 1.165) is 16.1 Å². The first-order chi connectivity index (χ1) is 12.7. The number of thiazole rings is 1. The van der Waals surface area contributed by atoms with E-state index < -0.39 is 5.97 Å². The van der Waals surface area contributed by atoms with Gasteiger partial charge in [0.05, 0.1) is 19.9 Å². The quantitative estimate of drug-likeness (QED) is 0.436. The molecule has 134 valence electrons. The molecule has 0 unspecified atom stereocenters. The molecule has 1 aromatic carbocycles. The van der Waals surface area contributed by atoms with Gasteiger partial charge in [0.15, 0.2) is 11.5 Å². The first-order valence-electron chi connectivity index (χ1n) is 7.73. The second-order valence-electron chi connectivity index (χ2n) is 5.21. The highest BCUT2D eigenvalue weighted by Crippen LogP contribution is 2.33. The second kappa shape index (κ2) is 8.64. The first-order valence-corrected chi connectivity index (χ1v) is 9.55. The molecule has 0 saturated heterocycles. The van der Waals surface area contributed by atoms with Crippen molar-refractivity contribution in [2.24, 2.45) is 0 Å². The van der Waals surface area contributed by atoms with Crippen molar-refractivity contribution in [1.29, 1.82) is 0 Å². The van der Waals surface area contributed by atoms with Crippen molar-refractivity contribution in [2.45, 2.75) is 6.61 Å². The smallest absolute Gasteiger partial charge is 0.331 e. The van der Waals surface area contributed by atoms with Gasteiger partial charge in [-0.3, -0.25) is 0 Å². The van der Waals surface area contributed by atoms with E-state index >= 15 is 0 Å². The molecule has 2 heterocycles. The Labute approximate surface area is 159 Å². The van der Waals surface area contributed by atoms with Crippen LogP contribution in [0.5, 0.6) is 11.5 Å². The predicted molar refractivity (Wildman–Crippen MR) is 104 cm³/mol. The van der Waals surface area contributed by atoms with Gasteiger partial charge in [-0.05, 0) is 46.7 Å². The zero-order valence-corrected chi connectivity index (χ0v) is 15.9. The summed E-state index contributed by atoms with van der Waals surface area (Å²) in [6.45, 7) is 0.136.